The lowest BCUT2D eigenvalue weighted by Gasteiger charge is -2.07. The maximum atomic E-state index is 12.4. The van der Waals surface area contributed by atoms with Gasteiger partial charge in [-0.1, -0.05) is 6.08 Å². The first-order valence-electron chi connectivity index (χ1n) is 3.91. The van der Waals surface area contributed by atoms with Crippen LogP contribution >= 0.6 is 0 Å². The second-order valence-electron chi connectivity index (χ2n) is 2.57. The van der Waals surface area contributed by atoms with Crippen LogP contribution < -0.4 is 4.74 Å². The van der Waals surface area contributed by atoms with Gasteiger partial charge >= 0.3 is 0 Å². The molecule has 1 aromatic carbocycles. The molecule has 1 unspecified atom stereocenters. The molecule has 1 atom stereocenters. The van der Waals surface area contributed by atoms with Gasteiger partial charge in [-0.05, 0) is 24.3 Å². The third-order valence-corrected chi connectivity index (χ3v) is 1.51. The molecule has 3 heteroatoms. The van der Waals surface area contributed by atoms with Crippen molar-refractivity contribution in [3.05, 3.63) is 42.7 Å². The third kappa shape index (κ3) is 3.25. The summed E-state index contributed by atoms with van der Waals surface area (Å²) >= 11 is 0. The van der Waals surface area contributed by atoms with E-state index >= 15 is 0 Å². The zero-order valence-electron chi connectivity index (χ0n) is 7.11. The summed E-state index contributed by atoms with van der Waals surface area (Å²) in [5, 5.41) is 9.06. The molecule has 0 heterocycles. The average molecular weight is 182 g/mol. The highest BCUT2D eigenvalue weighted by Crippen LogP contribution is 2.11. The molecule has 0 aliphatic heterocycles. The molecule has 1 rings (SSSR count). The Kier molecular flexibility index (Phi) is 3.46. The van der Waals surface area contributed by atoms with E-state index in [0.29, 0.717) is 5.75 Å². The van der Waals surface area contributed by atoms with Gasteiger partial charge in [-0.3, -0.25) is 0 Å². The first kappa shape index (κ1) is 9.74. The van der Waals surface area contributed by atoms with Gasteiger partial charge in [-0.15, -0.1) is 6.58 Å². The van der Waals surface area contributed by atoms with Crippen LogP contribution in [0, 0.1) is 5.82 Å². The predicted molar refractivity (Wildman–Crippen MR) is 48.1 cm³/mol. The molecule has 0 aliphatic carbocycles. The fourth-order valence-corrected chi connectivity index (χ4v) is 0.780. The zero-order valence-corrected chi connectivity index (χ0v) is 7.11. The van der Waals surface area contributed by atoms with Crippen molar-refractivity contribution in [1.82, 2.24) is 0 Å². The van der Waals surface area contributed by atoms with E-state index in [9.17, 15) is 4.39 Å². The van der Waals surface area contributed by atoms with Crippen LogP contribution in [-0.2, 0) is 0 Å². The molecule has 1 N–H and O–H groups in total. The monoisotopic (exact) mass is 182 g/mol. The Hall–Kier alpha value is -1.35. The van der Waals surface area contributed by atoms with Crippen molar-refractivity contribution < 1.29 is 14.2 Å². The van der Waals surface area contributed by atoms with Gasteiger partial charge in [0.2, 0.25) is 0 Å². The summed E-state index contributed by atoms with van der Waals surface area (Å²) in [7, 11) is 0. The van der Waals surface area contributed by atoms with E-state index in [-0.39, 0.29) is 12.4 Å². The molecule has 13 heavy (non-hydrogen) atoms. The molecule has 0 spiro atoms. The lowest BCUT2D eigenvalue weighted by molar-refractivity contribution is 0.144. The summed E-state index contributed by atoms with van der Waals surface area (Å²) < 4.78 is 17.6. The summed E-state index contributed by atoms with van der Waals surface area (Å²) in [4.78, 5) is 0. The first-order valence-corrected chi connectivity index (χ1v) is 3.91. The van der Waals surface area contributed by atoms with Gasteiger partial charge in [-0.25, -0.2) is 4.39 Å². The number of halogens is 1. The van der Waals surface area contributed by atoms with Crippen molar-refractivity contribution in [2.45, 2.75) is 6.10 Å². The highest BCUT2D eigenvalue weighted by molar-refractivity contribution is 5.22. The molecular weight excluding hydrogens is 171 g/mol. The second-order valence-corrected chi connectivity index (χ2v) is 2.57. The van der Waals surface area contributed by atoms with Gasteiger partial charge in [0.15, 0.2) is 0 Å². The van der Waals surface area contributed by atoms with E-state index < -0.39 is 6.10 Å². The molecule has 70 valence electrons. The zero-order chi connectivity index (χ0) is 9.68. The van der Waals surface area contributed by atoms with Crippen molar-refractivity contribution >= 4 is 0 Å². The average Bonchev–Trinajstić information content (AvgIpc) is 2.16. The maximum Gasteiger partial charge on any atom is 0.123 e. The molecule has 0 aromatic heterocycles. The maximum absolute atomic E-state index is 12.4. The normalized spacial score (nSPS) is 12.2. The van der Waals surface area contributed by atoms with Gasteiger partial charge < -0.3 is 9.84 Å². The Morgan fingerprint density at radius 2 is 2.08 bits per heavy atom. The van der Waals surface area contributed by atoms with Crippen LogP contribution in [0.3, 0.4) is 0 Å². The van der Waals surface area contributed by atoms with E-state index in [1.165, 1.54) is 30.3 Å². The van der Waals surface area contributed by atoms with Crippen molar-refractivity contribution in [2.75, 3.05) is 6.61 Å². The molecular formula is C10H11FO2. The first-order chi connectivity index (χ1) is 6.22. The largest absolute Gasteiger partial charge is 0.491 e. The Morgan fingerprint density at radius 1 is 1.46 bits per heavy atom. The highest BCUT2D eigenvalue weighted by Gasteiger charge is 1.99. The second kappa shape index (κ2) is 4.62. The highest BCUT2D eigenvalue weighted by atomic mass is 19.1. The molecule has 0 fully saturated rings. The minimum atomic E-state index is -0.690. The van der Waals surface area contributed by atoms with Crippen LogP contribution in [0.25, 0.3) is 0 Å². The smallest absolute Gasteiger partial charge is 0.123 e. The van der Waals surface area contributed by atoms with Crippen LogP contribution in [0.15, 0.2) is 36.9 Å². The summed E-state index contributed by atoms with van der Waals surface area (Å²) in [6, 6.07) is 5.61. The van der Waals surface area contributed by atoms with E-state index in [4.69, 9.17) is 9.84 Å². The molecule has 1 aromatic rings. The molecule has 0 aliphatic rings. The number of ether oxygens (including phenoxy) is 1. The lowest BCUT2D eigenvalue weighted by atomic mass is 10.3. The molecule has 2 nitrogen and oxygen atoms in total. The van der Waals surface area contributed by atoms with Gasteiger partial charge in [0.1, 0.15) is 24.3 Å². The van der Waals surface area contributed by atoms with E-state index in [1.54, 1.807) is 0 Å². The van der Waals surface area contributed by atoms with Crippen LogP contribution in [0.5, 0.6) is 5.75 Å². The minimum Gasteiger partial charge on any atom is -0.491 e. The third-order valence-electron chi connectivity index (χ3n) is 1.51. The van der Waals surface area contributed by atoms with Crippen molar-refractivity contribution in [2.24, 2.45) is 0 Å². The molecule has 0 radical (unpaired) electrons. The quantitative estimate of drug-likeness (QED) is 0.719. The minimum absolute atomic E-state index is 0.134. The van der Waals surface area contributed by atoms with E-state index in [2.05, 4.69) is 6.58 Å². The number of rotatable bonds is 4. The van der Waals surface area contributed by atoms with Gasteiger partial charge in [0.05, 0.1) is 0 Å². The topological polar surface area (TPSA) is 29.5 Å². The Morgan fingerprint density at radius 3 is 2.62 bits per heavy atom. The molecule has 0 saturated carbocycles. The number of hydrogen-bond donors (Lipinski definition) is 1. The van der Waals surface area contributed by atoms with Gasteiger partial charge in [0.25, 0.3) is 0 Å². The standard InChI is InChI=1S/C10H11FO2/c1-2-9(12)7-13-10-5-3-8(11)4-6-10/h2-6,9,12H,1,7H2. The van der Waals surface area contributed by atoms with Gasteiger partial charge in [-0.2, -0.15) is 0 Å². The Balaban J connectivity index is 2.45. The SMILES string of the molecule is C=CC(O)COc1ccc(F)cc1. The van der Waals surface area contributed by atoms with Crippen LogP contribution in [-0.4, -0.2) is 17.8 Å². The lowest BCUT2D eigenvalue weighted by Crippen LogP contribution is -2.13. The Labute approximate surface area is 76.3 Å². The predicted octanol–water partition coefficient (Wildman–Crippen LogP) is 1.75. The van der Waals surface area contributed by atoms with Crippen molar-refractivity contribution in [3.8, 4) is 5.75 Å². The van der Waals surface area contributed by atoms with Crippen LogP contribution in [0.2, 0.25) is 0 Å². The Bertz CT molecular complexity index is 269. The van der Waals surface area contributed by atoms with Crippen molar-refractivity contribution in [3.63, 3.8) is 0 Å². The fourth-order valence-electron chi connectivity index (χ4n) is 0.780. The van der Waals surface area contributed by atoms with Gasteiger partial charge in [0, 0.05) is 0 Å². The summed E-state index contributed by atoms with van der Waals surface area (Å²) in [5.74, 6) is 0.221. The van der Waals surface area contributed by atoms with E-state index in [1.807, 2.05) is 0 Å². The summed E-state index contributed by atoms with van der Waals surface area (Å²) in [5.41, 5.74) is 0. The molecule has 0 bridgehead atoms. The number of aliphatic hydroxyl groups excluding tert-OH is 1. The molecule has 0 saturated heterocycles. The van der Waals surface area contributed by atoms with Crippen molar-refractivity contribution in [1.29, 1.82) is 0 Å². The number of hydrogen-bond acceptors (Lipinski definition) is 2. The van der Waals surface area contributed by atoms with Crippen LogP contribution in [0.1, 0.15) is 0 Å². The molecule has 0 amide bonds. The van der Waals surface area contributed by atoms with E-state index in [0.717, 1.165) is 0 Å². The fraction of sp³-hybridized carbons (Fsp3) is 0.200. The number of benzene rings is 1. The number of aliphatic hydroxyl groups is 1. The summed E-state index contributed by atoms with van der Waals surface area (Å²) in [6.07, 6.45) is 0.689. The van der Waals surface area contributed by atoms with Crippen LogP contribution in [0.4, 0.5) is 4.39 Å². The summed E-state index contributed by atoms with van der Waals surface area (Å²) in [6.45, 7) is 3.53.